The lowest BCUT2D eigenvalue weighted by molar-refractivity contribution is 0.0946. The van der Waals surface area contributed by atoms with E-state index < -0.39 is 0 Å². The van der Waals surface area contributed by atoms with Crippen LogP contribution in [0.2, 0.25) is 0 Å². The van der Waals surface area contributed by atoms with Crippen molar-refractivity contribution >= 4 is 42.1 Å². The van der Waals surface area contributed by atoms with Crippen molar-refractivity contribution in [3.05, 3.63) is 51.5 Å². The lowest BCUT2D eigenvalue weighted by atomic mass is 10.1. The summed E-state index contributed by atoms with van der Waals surface area (Å²) in [6.07, 6.45) is 3.32. The smallest absolute Gasteiger partial charge is 0.271 e. The number of likely N-dealkylation sites (tertiary alicyclic amines) is 1. The number of carbonyl (C=O) groups excluding carboxylic acids is 1. The number of thiazole rings is 1. The zero-order chi connectivity index (χ0) is 16.8. The van der Waals surface area contributed by atoms with E-state index in [0.717, 1.165) is 23.5 Å². The normalized spacial score (nSPS) is 13.7. The first-order valence-electron chi connectivity index (χ1n) is 8.47. The van der Waals surface area contributed by atoms with E-state index >= 15 is 0 Å². The van der Waals surface area contributed by atoms with Crippen molar-refractivity contribution < 1.29 is 4.79 Å². The molecule has 2 heterocycles. The van der Waals surface area contributed by atoms with Gasteiger partial charge in [0.1, 0.15) is 5.69 Å². The van der Waals surface area contributed by atoms with Crippen LogP contribution in [0.25, 0.3) is 0 Å². The topological polar surface area (TPSA) is 71.2 Å². The minimum atomic E-state index is -0.125. The summed E-state index contributed by atoms with van der Waals surface area (Å²) < 4.78 is 0. The van der Waals surface area contributed by atoms with Gasteiger partial charge in [0.15, 0.2) is 0 Å². The van der Waals surface area contributed by atoms with Crippen LogP contribution in [-0.2, 0) is 19.5 Å². The molecule has 0 saturated carbocycles. The maximum absolute atomic E-state index is 12.2. The fourth-order valence-corrected chi connectivity index (χ4v) is 3.76. The fourth-order valence-electron chi connectivity index (χ4n) is 2.96. The van der Waals surface area contributed by atoms with Crippen LogP contribution in [-0.4, -0.2) is 35.4 Å². The average Bonchev–Trinajstić information content (AvgIpc) is 3.25. The highest BCUT2D eigenvalue weighted by atomic mass is 35.5. The molecule has 1 aromatic carbocycles. The lowest BCUT2D eigenvalue weighted by Crippen LogP contribution is -2.23. The molecule has 0 unspecified atom stereocenters. The van der Waals surface area contributed by atoms with E-state index in [2.05, 4.69) is 39.5 Å². The van der Waals surface area contributed by atoms with Gasteiger partial charge in [0.2, 0.25) is 0 Å². The first kappa shape index (κ1) is 22.9. The molecule has 1 fully saturated rings. The summed E-state index contributed by atoms with van der Waals surface area (Å²) in [7, 11) is 0. The fraction of sp³-hybridized carbons (Fsp3) is 0.444. The molecule has 0 radical (unpaired) electrons. The zero-order valence-corrected chi connectivity index (χ0v) is 17.1. The molecule has 0 aliphatic carbocycles. The molecule has 3 rings (SSSR count). The van der Waals surface area contributed by atoms with E-state index in [0.29, 0.717) is 18.8 Å². The number of nitrogens with two attached hydrogens (primary N) is 1. The van der Waals surface area contributed by atoms with E-state index in [9.17, 15) is 4.79 Å². The zero-order valence-electron chi connectivity index (χ0n) is 14.6. The van der Waals surface area contributed by atoms with Crippen molar-refractivity contribution in [2.45, 2.75) is 32.4 Å². The number of halogens is 2. The second-order valence-electron chi connectivity index (χ2n) is 6.15. The van der Waals surface area contributed by atoms with Crippen LogP contribution >= 0.6 is 36.2 Å². The monoisotopic (exact) mass is 416 g/mol. The number of hydrogen-bond acceptors (Lipinski definition) is 5. The number of hydrogen-bond donors (Lipinski definition) is 2. The Morgan fingerprint density at radius 1 is 1.23 bits per heavy atom. The predicted molar refractivity (Wildman–Crippen MR) is 111 cm³/mol. The maximum atomic E-state index is 12.2. The summed E-state index contributed by atoms with van der Waals surface area (Å²) in [5, 5.41) is 5.66. The second-order valence-corrected chi connectivity index (χ2v) is 7.09. The Bertz CT molecular complexity index is 689. The summed E-state index contributed by atoms with van der Waals surface area (Å²) in [5.41, 5.74) is 8.43. The van der Waals surface area contributed by atoms with Gasteiger partial charge in [-0.3, -0.25) is 9.69 Å². The minimum absolute atomic E-state index is 0. The molecule has 1 saturated heterocycles. The van der Waals surface area contributed by atoms with Gasteiger partial charge in [0, 0.05) is 24.9 Å². The summed E-state index contributed by atoms with van der Waals surface area (Å²) >= 11 is 1.49. The van der Waals surface area contributed by atoms with E-state index in [1.807, 2.05) is 0 Å². The van der Waals surface area contributed by atoms with Gasteiger partial charge < -0.3 is 11.1 Å². The SMILES string of the molecule is Cl.Cl.NCCc1nc(C(=O)NCc2cccc(CN3CCCC3)c2)cs1. The van der Waals surface area contributed by atoms with Crippen LogP contribution in [0.1, 0.15) is 39.5 Å². The van der Waals surface area contributed by atoms with Gasteiger partial charge in [-0.25, -0.2) is 4.98 Å². The van der Waals surface area contributed by atoms with Gasteiger partial charge in [-0.1, -0.05) is 24.3 Å². The molecule has 8 heteroatoms. The Hall–Kier alpha value is -1.18. The van der Waals surface area contributed by atoms with E-state index in [1.54, 1.807) is 5.38 Å². The number of rotatable bonds is 7. The molecule has 5 nitrogen and oxygen atoms in total. The standard InChI is InChI=1S/C18H24N4OS.2ClH/c19-7-6-17-21-16(13-24-17)18(23)20-11-14-4-3-5-15(10-14)12-22-8-1-2-9-22;;/h3-5,10,13H,1-2,6-9,11-12,19H2,(H,20,23);2*1H. The van der Waals surface area contributed by atoms with E-state index in [1.165, 1.54) is 42.8 Å². The van der Waals surface area contributed by atoms with Crippen LogP contribution in [0.5, 0.6) is 0 Å². The van der Waals surface area contributed by atoms with Crippen molar-refractivity contribution in [3.8, 4) is 0 Å². The van der Waals surface area contributed by atoms with Crippen molar-refractivity contribution in [2.75, 3.05) is 19.6 Å². The van der Waals surface area contributed by atoms with Gasteiger partial charge in [0.05, 0.1) is 5.01 Å². The maximum Gasteiger partial charge on any atom is 0.271 e. The van der Waals surface area contributed by atoms with Gasteiger partial charge in [0.25, 0.3) is 5.91 Å². The molecule has 0 spiro atoms. The molecule has 144 valence electrons. The number of nitrogens with one attached hydrogen (secondary N) is 1. The van der Waals surface area contributed by atoms with Crippen LogP contribution < -0.4 is 11.1 Å². The van der Waals surface area contributed by atoms with Gasteiger partial charge >= 0.3 is 0 Å². The summed E-state index contributed by atoms with van der Waals surface area (Å²) in [5.74, 6) is -0.125. The van der Waals surface area contributed by atoms with Crippen LogP contribution in [0.4, 0.5) is 0 Å². The molecular weight excluding hydrogens is 391 g/mol. The molecule has 1 aliphatic rings. The number of amides is 1. The molecule has 1 aliphatic heterocycles. The summed E-state index contributed by atoms with van der Waals surface area (Å²) in [4.78, 5) is 19.0. The summed E-state index contributed by atoms with van der Waals surface area (Å²) in [6.45, 7) is 4.46. The highest BCUT2D eigenvalue weighted by molar-refractivity contribution is 7.09. The number of benzene rings is 1. The van der Waals surface area contributed by atoms with Crippen LogP contribution in [0, 0.1) is 0 Å². The molecule has 3 N–H and O–H groups in total. The van der Waals surface area contributed by atoms with Crippen molar-refractivity contribution in [1.82, 2.24) is 15.2 Å². The van der Waals surface area contributed by atoms with E-state index in [4.69, 9.17) is 5.73 Å². The van der Waals surface area contributed by atoms with E-state index in [-0.39, 0.29) is 30.7 Å². The molecule has 26 heavy (non-hydrogen) atoms. The van der Waals surface area contributed by atoms with Gasteiger partial charge in [-0.2, -0.15) is 0 Å². The number of nitrogens with zero attached hydrogens (tertiary/aromatic N) is 2. The number of aromatic nitrogens is 1. The molecule has 1 amide bonds. The largest absolute Gasteiger partial charge is 0.347 e. The Labute approximate surface area is 171 Å². The van der Waals surface area contributed by atoms with Gasteiger partial charge in [-0.15, -0.1) is 36.2 Å². The Morgan fingerprint density at radius 2 is 1.96 bits per heavy atom. The Balaban J connectivity index is 0.00000169. The molecule has 0 atom stereocenters. The summed E-state index contributed by atoms with van der Waals surface area (Å²) in [6, 6.07) is 8.45. The predicted octanol–water partition coefficient (Wildman–Crippen LogP) is 3.01. The minimum Gasteiger partial charge on any atom is -0.347 e. The first-order chi connectivity index (χ1) is 11.7. The third kappa shape index (κ3) is 6.52. The molecular formula is C18H26Cl2N4OS. The van der Waals surface area contributed by atoms with Crippen molar-refractivity contribution in [2.24, 2.45) is 5.73 Å². The molecule has 0 bridgehead atoms. The highest BCUT2D eigenvalue weighted by Gasteiger charge is 2.13. The van der Waals surface area contributed by atoms with Crippen molar-refractivity contribution in [1.29, 1.82) is 0 Å². The quantitative estimate of drug-likeness (QED) is 0.727. The van der Waals surface area contributed by atoms with Crippen LogP contribution in [0.3, 0.4) is 0 Å². The van der Waals surface area contributed by atoms with Crippen LogP contribution in [0.15, 0.2) is 29.6 Å². The lowest BCUT2D eigenvalue weighted by Gasteiger charge is -2.15. The molecule has 2 aromatic rings. The number of carbonyl (C=O) groups is 1. The Morgan fingerprint density at radius 3 is 2.69 bits per heavy atom. The Kier molecular flexibility index (Phi) is 10.1. The average molecular weight is 417 g/mol. The second kappa shape index (κ2) is 11.5. The third-order valence-electron chi connectivity index (χ3n) is 4.19. The van der Waals surface area contributed by atoms with Crippen molar-refractivity contribution in [3.63, 3.8) is 0 Å². The molecule has 1 aromatic heterocycles. The highest BCUT2D eigenvalue weighted by Crippen LogP contribution is 2.14. The third-order valence-corrected chi connectivity index (χ3v) is 5.10. The first-order valence-corrected chi connectivity index (χ1v) is 9.35. The van der Waals surface area contributed by atoms with Gasteiger partial charge in [-0.05, 0) is 43.6 Å².